The topological polar surface area (TPSA) is 142 Å². The first-order valence-corrected chi connectivity index (χ1v) is 18.5. The Morgan fingerprint density at radius 3 is 1.75 bits per heavy atom. The molecule has 0 amide bonds. The van der Waals surface area contributed by atoms with Gasteiger partial charge in [0.25, 0.3) is 0 Å². The maximum atomic E-state index is 10.7. The van der Waals surface area contributed by atoms with Crippen LogP contribution in [0.1, 0.15) is 49.9 Å². The van der Waals surface area contributed by atoms with E-state index in [0.717, 1.165) is 35.7 Å². The van der Waals surface area contributed by atoms with E-state index in [1.807, 2.05) is 36.7 Å². The second kappa shape index (κ2) is 24.0. The number of fused-ring (bicyclic) bond motifs is 3. The molecule has 0 fully saturated rings. The van der Waals surface area contributed by atoms with E-state index in [9.17, 15) is 4.79 Å². The third-order valence-electron chi connectivity index (χ3n) is 8.46. The molecule has 5 heterocycles. The van der Waals surface area contributed by atoms with Crippen molar-refractivity contribution in [1.82, 2.24) is 24.5 Å². The number of isothiocyanates is 2. The molecule has 0 unspecified atom stereocenters. The smallest absolute Gasteiger partial charge is 0.753 e. The van der Waals surface area contributed by atoms with Gasteiger partial charge in [0.2, 0.25) is 0 Å². The number of carboxylic acids is 1. The van der Waals surface area contributed by atoms with Gasteiger partial charge >= 0.3 is 25.4 Å². The molecule has 7 aromatic rings. The van der Waals surface area contributed by atoms with Crippen LogP contribution >= 0.6 is 24.4 Å². The summed E-state index contributed by atoms with van der Waals surface area (Å²) in [7, 11) is 0. The average molecular weight is 866 g/mol. The van der Waals surface area contributed by atoms with Crippen molar-refractivity contribution in [1.29, 1.82) is 0 Å². The summed E-state index contributed by atoms with van der Waals surface area (Å²) in [6, 6.07) is 34.1. The van der Waals surface area contributed by atoms with Crippen LogP contribution in [0.5, 0.6) is 0 Å². The Morgan fingerprint density at radius 2 is 1.21 bits per heavy atom. The Bertz CT molecular complexity index is 2330. The SMILES string of the molecule is CCCCN(CCCC)c1ccc(-n2c3ccccc3c3cc(-c4ccccn4)ncc32)cc1.O=C(O)c1ccnc(-c2ccccn2)c1.[N-]=C=S.[N-]=C=S.[Ru+2]. The van der Waals surface area contributed by atoms with Gasteiger partial charge in [-0.2, -0.15) is 10.3 Å². The van der Waals surface area contributed by atoms with Crippen LogP contribution in [0.4, 0.5) is 5.69 Å². The summed E-state index contributed by atoms with van der Waals surface area (Å²) in [6.45, 7) is 6.75. The summed E-state index contributed by atoms with van der Waals surface area (Å²) in [5.41, 5.74) is 8.01. The minimum absolute atomic E-state index is 0. The number of pyridine rings is 4. The van der Waals surface area contributed by atoms with E-state index < -0.39 is 5.97 Å². The van der Waals surface area contributed by atoms with Gasteiger partial charge < -0.3 is 25.4 Å². The monoisotopic (exact) mass is 866 g/mol. The fraction of sp³-hybridized carbons (Fsp3) is 0.186. The van der Waals surface area contributed by atoms with Gasteiger partial charge in [-0.3, -0.25) is 19.9 Å². The number of unbranched alkanes of at least 4 members (excludes halogenated alkanes) is 2. The molecule has 0 saturated carbocycles. The number of hydrogen-bond donors (Lipinski definition) is 1. The van der Waals surface area contributed by atoms with Crippen LogP contribution in [0.2, 0.25) is 0 Å². The molecule has 284 valence electrons. The molecule has 10 nitrogen and oxygen atoms in total. The maximum Gasteiger partial charge on any atom is 2.00 e. The average Bonchev–Trinajstić information content (AvgIpc) is 3.56. The number of benzene rings is 2. The molecule has 0 aliphatic rings. The van der Waals surface area contributed by atoms with Crippen molar-refractivity contribution < 1.29 is 29.4 Å². The molecule has 1 N–H and O–H groups in total. The molecule has 2 aromatic carbocycles. The Hall–Kier alpha value is -5.67. The normalized spacial score (nSPS) is 9.82. The predicted octanol–water partition coefficient (Wildman–Crippen LogP) is 10.8. The number of hydrogen-bond acceptors (Lipinski definition) is 8. The van der Waals surface area contributed by atoms with Gasteiger partial charge in [0.05, 0.1) is 45.6 Å². The van der Waals surface area contributed by atoms with E-state index in [4.69, 9.17) is 20.9 Å². The first kappa shape index (κ1) is 44.7. The zero-order valence-corrected chi connectivity index (χ0v) is 34.3. The number of rotatable bonds is 11. The summed E-state index contributed by atoms with van der Waals surface area (Å²) in [6.07, 6.45) is 11.8. The van der Waals surface area contributed by atoms with E-state index in [1.165, 1.54) is 76.3 Å². The third kappa shape index (κ3) is 12.2. The van der Waals surface area contributed by atoms with E-state index in [2.05, 4.69) is 117 Å². The number of aromatic carboxylic acids is 1. The van der Waals surface area contributed by atoms with Gasteiger partial charge in [0.15, 0.2) is 0 Å². The molecule has 0 aliphatic heterocycles. The molecule has 0 atom stereocenters. The molecule has 13 heteroatoms. The van der Waals surface area contributed by atoms with Crippen LogP contribution in [0.25, 0.3) is 61.1 Å². The van der Waals surface area contributed by atoms with Crippen LogP contribution in [0.15, 0.2) is 128 Å². The number of aromatic nitrogens is 5. The summed E-state index contributed by atoms with van der Waals surface area (Å²) >= 11 is 7.40. The zero-order chi connectivity index (χ0) is 39.4. The Labute approximate surface area is 350 Å². The number of carbonyl (C=O) groups is 1. The zero-order valence-electron chi connectivity index (χ0n) is 31.0. The van der Waals surface area contributed by atoms with Crippen LogP contribution in [-0.4, -0.2) is 59.0 Å². The number of nitrogens with zero attached hydrogens (tertiary/aromatic N) is 8. The molecule has 0 bridgehead atoms. The van der Waals surface area contributed by atoms with Gasteiger partial charge in [0, 0.05) is 53.8 Å². The third-order valence-corrected chi connectivity index (χ3v) is 8.46. The maximum absolute atomic E-state index is 10.7. The number of para-hydroxylation sites is 1. The van der Waals surface area contributed by atoms with Crippen LogP contribution < -0.4 is 4.90 Å². The molecule has 7 rings (SSSR count). The molecular formula is C43H40N8O2RuS2. The fourth-order valence-electron chi connectivity index (χ4n) is 5.90. The van der Waals surface area contributed by atoms with Crippen LogP contribution in [0, 0.1) is 0 Å². The fourth-order valence-corrected chi connectivity index (χ4v) is 5.90. The van der Waals surface area contributed by atoms with E-state index >= 15 is 0 Å². The molecule has 5 aromatic heterocycles. The summed E-state index contributed by atoms with van der Waals surface area (Å²) in [4.78, 5) is 30.7. The summed E-state index contributed by atoms with van der Waals surface area (Å²) in [5, 5.41) is 28.2. The number of anilines is 1. The Morgan fingerprint density at radius 1 is 0.679 bits per heavy atom. The van der Waals surface area contributed by atoms with Crippen molar-refractivity contribution in [2.24, 2.45) is 0 Å². The van der Waals surface area contributed by atoms with Crippen molar-refractivity contribution in [3.63, 3.8) is 0 Å². The molecule has 0 aliphatic carbocycles. The number of thiocarbonyl (C=S) groups is 2. The van der Waals surface area contributed by atoms with E-state index in [1.54, 1.807) is 18.3 Å². The van der Waals surface area contributed by atoms with Gasteiger partial charge in [-0.15, -0.1) is 0 Å². The minimum atomic E-state index is -0.963. The predicted molar refractivity (Wildman–Crippen MR) is 230 cm³/mol. The van der Waals surface area contributed by atoms with Crippen molar-refractivity contribution in [3.8, 4) is 28.5 Å². The Kier molecular flexibility index (Phi) is 19.1. The second-order valence-electron chi connectivity index (χ2n) is 12.0. The van der Waals surface area contributed by atoms with Crippen molar-refractivity contribution in [3.05, 3.63) is 144 Å². The van der Waals surface area contributed by atoms with Crippen LogP contribution in [0.3, 0.4) is 0 Å². The van der Waals surface area contributed by atoms with Crippen molar-refractivity contribution >= 4 is 68.2 Å². The van der Waals surface area contributed by atoms with E-state index in [0.29, 0.717) is 11.4 Å². The van der Waals surface area contributed by atoms with Gasteiger partial charge in [0.1, 0.15) is 0 Å². The van der Waals surface area contributed by atoms with Gasteiger partial charge in [-0.05, 0) is 85.6 Å². The quantitative estimate of drug-likeness (QED) is 0.0764. The van der Waals surface area contributed by atoms with Gasteiger partial charge in [-0.25, -0.2) is 4.79 Å². The molecule has 0 saturated heterocycles. The molecule has 0 radical (unpaired) electrons. The number of carboxylic acid groups (broad SMARTS) is 1. The van der Waals surface area contributed by atoms with E-state index in [-0.39, 0.29) is 25.0 Å². The molecule has 56 heavy (non-hydrogen) atoms. The first-order valence-electron chi connectivity index (χ1n) is 17.7. The second-order valence-corrected chi connectivity index (χ2v) is 12.4. The first-order chi connectivity index (χ1) is 26.9. The summed E-state index contributed by atoms with van der Waals surface area (Å²) < 4.78 is 2.33. The Balaban J connectivity index is 0.000000318. The van der Waals surface area contributed by atoms with Crippen molar-refractivity contribution in [2.75, 3.05) is 18.0 Å². The molecular weight excluding hydrogens is 826 g/mol. The van der Waals surface area contributed by atoms with Crippen molar-refractivity contribution in [2.45, 2.75) is 39.5 Å². The van der Waals surface area contributed by atoms with Crippen LogP contribution in [-0.2, 0) is 19.5 Å². The summed E-state index contributed by atoms with van der Waals surface area (Å²) in [5.74, 6) is -0.963. The van der Waals surface area contributed by atoms with Gasteiger partial charge in [-0.1, -0.05) is 81.5 Å². The minimum Gasteiger partial charge on any atom is -0.753 e. The largest absolute Gasteiger partial charge is 2.00 e. The molecule has 0 spiro atoms. The standard InChI is InChI=1S/C30H32N4.C11H8N2O2.2CNS.Ru/c1-3-5-19-33(20-6-4-2)23-14-16-24(17-15-23)34-29-13-8-7-11-25(29)26-21-28(32-22-30(26)34)27-12-9-10-18-31-27;14-11(15)8-4-6-13-10(7-8)9-3-1-2-5-12-9;2*2-1-3;/h7-18,21-22H,3-6,19-20H2,1-2H3;1-7H,(H,14,15);;;/q;;2*-1;+2.